The summed E-state index contributed by atoms with van der Waals surface area (Å²) in [7, 11) is 0. The molecule has 3 aromatic carbocycles. The second-order valence-electron chi connectivity index (χ2n) is 13.5. The molecular formula is C39H41ClN8O3S2. The highest BCUT2D eigenvalue weighted by Gasteiger charge is 2.26. The fourth-order valence-corrected chi connectivity index (χ4v) is 8.14. The molecule has 2 amide bonds. The van der Waals surface area contributed by atoms with Gasteiger partial charge in [0.25, 0.3) is 0 Å². The van der Waals surface area contributed by atoms with E-state index < -0.39 is 0 Å². The number of amides is 2. The maximum absolute atomic E-state index is 13.4. The van der Waals surface area contributed by atoms with E-state index in [2.05, 4.69) is 76.3 Å². The van der Waals surface area contributed by atoms with Crippen LogP contribution in [0.5, 0.6) is 5.75 Å². The third kappa shape index (κ3) is 8.66. The highest BCUT2D eigenvalue weighted by Crippen LogP contribution is 2.33. The molecule has 0 radical (unpaired) electrons. The van der Waals surface area contributed by atoms with Gasteiger partial charge in [-0.05, 0) is 47.7 Å². The molecule has 1 aliphatic heterocycles. The quantitative estimate of drug-likeness (QED) is 0.114. The van der Waals surface area contributed by atoms with Crippen LogP contribution in [0.15, 0.2) is 101 Å². The summed E-state index contributed by atoms with van der Waals surface area (Å²) >= 11 is 9.42. The van der Waals surface area contributed by atoms with E-state index in [1.165, 1.54) is 11.6 Å². The average molecular weight is 769 g/mol. The first-order chi connectivity index (χ1) is 25.7. The molecule has 7 rings (SSSR count). The van der Waals surface area contributed by atoms with Crippen molar-refractivity contribution < 1.29 is 14.6 Å². The van der Waals surface area contributed by atoms with Crippen LogP contribution >= 0.6 is 35.1 Å². The lowest BCUT2D eigenvalue weighted by molar-refractivity contribution is 0.0342. The van der Waals surface area contributed by atoms with E-state index in [0.717, 1.165) is 76.7 Å². The Bertz CT molecular complexity index is 2220. The zero-order chi connectivity index (χ0) is 37.0. The average Bonchev–Trinajstić information content (AvgIpc) is 3.78. The summed E-state index contributed by atoms with van der Waals surface area (Å²) in [6.45, 7) is 8.89. The number of aromatic nitrogens is 5. The van der Waals surface area contributed by atoms with Gasteiger partial charge in [-0.3, -0.25) is 14.6 Å². The SMILES string of the molecule is CSCC(C)(C)c1cc(NC(=O)NCc2ccccc2Sc2ccc3nnc(-c4ccc(CN5CCOCC5)cc4)n3c2)n(-c2ccc(Cl)c(O)c2)n1. The van der Waals surface area contributed by atoms with Crippen LogP contribution in [0.2, 0.25) is 5.02 Å². The van der Waals surface area contributed by atoms with Crippen molar-refractivity contribution >= 4 is 52.6 Å². The van der Waals surface area contributed by atoms with Gasteiger partial charge in [0.2, 0.25) is 0 Å². The Balaban J connectivity index is 1.05. The number of nitrogens with one attached hydrogen (secondary N) is 2. The van der Waals surface area contributed by atoms with Crippen molar-refractivity contribution in [1.29, 1.82) is 0 Å². The first-order valence-corrected chi connectivity index (χ1v) is 19.9. The third-order valence-corrected chi connectivity index (χ3v) is 11.5. The highest BCUT2D eigenvalue weighted by molar-refractivity contribution is 7.99. The van der Waals surface area contributed by atoms with Crippen LogP contribution in [0.25, 0.3) is 22.7 Å². The zero-order valence-electron chi connectivity index (χ0n) is 29.8. The summed E-state index contributed by atoms with van der Waals surface area (Å²) in [5, 5.41) is 30.3. The maximum atomic E-state index is 13.4. The van der Waals surface area contributed by atoms with Gasteiger partial charge in [-0.15, -0.1) is 10.2 Å². The Labute approximate surface area is 322 Å². The van der Waals surface area contributed by atoms with Crippen LogP contribution in [-0.4, -0.2) is 78.7 Å². The fourth-order valence-electron chi connectivity index (χ4n) is 6.18. The minimum Gasteiger partial charge on any atom is -0.506 e. The van der Waals surface area contributed by atoms with Crippen LogP contribution < -0.4 is 10.6 Å². The number of anilines is 1. The summed E-state index contributed by atoms with van der Waals surface area (Å²) in [5.74, 6) is 2.02. The lowest BCUT2D eigenvalue weighted by Crippen LogP contribution is -2.35. The molecule has 1 saturated heterocycles. The summed E-state index contributed by atoms with van der Waals surface area (Å²) in [5.41, 5.74) is 5.11. The number of phenols is 1. The number of hydrogen-bond donors (Lipinski definition) is 3. The Morgan fingerprint density at radius 2 is 1.79 bits per heavy atom. The van der Waals surface area contributed by atoms with E-state index >= 15 is 0 Å². The fraction of sp³-hybridized carbons (Fsp3) is 0.282. The van der Waals surface area contributed by atoms with Gasteiger partial charge < -0.3 is 15.2 Å². The first-order valence-electron chi connectivity index (χ1n) is 17.3. The van der Waals surface area contributed by atoms with Gasteiger partial charge in [0.15, 0.2) is 11.5 Å². The number of phenolic OH excluding ortho intramolecular Hbond substituents is 1. The van der Waals surface area contributed by atoms with Crippen LogP contribution in [-0.2, 0) is 23.2 Å². The van der Waals surface area contributed by atoms with Crippen LogP contribution in [0, 0.1) is 0 Å². The number of aromatic hydroxyl groups is 1. The molecule has 14 heteroatoms. The molecule has 3 N–H and O–H groups in total. The van der Waals surface area contributed by atoms with E-state index in [1.54, 1.807) is 40.3 Å². The molecule has 0 bridgehead atoms. The van der Waals surface area contributed by atoms with Gasteiger partial charge in [0.05, 0.1) is 29.6 Å². The lowest BCUT2D eigenvalue weighted by Gasteiger charge is -2.26. The number of fused-ring (bicyclic) bond motifs is 1. The first kappa shape index (κ1) is 36.8. The van der Waals surface area contributed by atoms with Crippen molar-refractivity contribution in [3.63, 3.8) is 0 Å². The van der Waals surface area contributed by atoms with Crippen LogP contribution in [0.4, 0.5) is 10.6 Å². The molecular weight excluding hydrogens is 728 g/mol. The molecule has 53 heavy (non-hydrogen) atoms. The molecule has 0 atom stereocenters. The standard InChI is InChI=1S/C39H41ClN8O3S2/c1-39(2,25-52-3)34-21-36(48(45-34)29-12-14-31(40)32(49)20-29)42-38(50)41-22-28-6-4-5-7-33(28)53-30-13-15-35-43-44-37(47(35)24-30)27-10-8-26(9-11-27)23-46-16-18-51-19-17-46/h4-15,20-21,24,49H,16-19,22-23,25H2,1-3H3,(H2,41,42,50). The van der Waals surface area contributed by atoms with Gasteiger partial charge >= 0.3 is 6.03 Å². The lowest BCUT2D eigenvalue weighted by atomic mass is 9.92. The van der Waals surface area contributed by atoms with E-state index in [-0.39, 0.29) is 22.2 Å². The highest BCUT2D eigenvalue weighted by atomic mass is 35.5. The Morgan fingerprint density at radius 3 is 2.57 bits per heavy atom. The Morgan fingerprint density at radius 1 is 1.00 bits per heavy atom. The number of thioether (sulfide) groups is 1. The monoisotopic (exact) mass is 768 g/mol. The predicted octanol–water partition coefficient (Wildman–Crippen LogP) is 7.89. The number of halogens is 1. The number of urea groups is 1. The number of carbonyl (C=O) groups excluding carboxylic acids is 1. The molecule has 6 aromatic rings. The van der Waals surface area contributed by atoms with Crippen molar-refractivity contribution in [2.75, 3.05) is 43.6 Å². The smallest absolute Gasteiger partial charge is 0.320 e. The van der Waals surface area contributed by atoms with Crippen molar-refractivity contribution in [1.82, 2.24) is 34.6 Å². The summed E-state index contributed by atoms with van der Waals surface area (Å²) in [6.07, 6.45) is 4.11. The number of ether oxygens (including phenoxy) is 1. The molecule has 3 aromatic heterocycles. The number of benzene rings is 3. The van der Waals surface area contributed by atoms with Gasteiger partial charge in [0, 0.05) is 71.0 Å². The molecule has 274 valence electrons. The molecule has 11 nitrogen and oxygen atoms in total. The number of pyridine rings is 1. The normalized spacial score (nSPS) is 13.7. The van der Waals surface area contributed by atoms with E-state index in [4.69, 9.17) is 21.4 Å². The molecule has 1 aliphatic rings. The van der Waals surface area contributed by atoms with Crippen LogP contribution in [0.1, 0.15) is 30.7 Å². The minimum atomic E-state index is -0.384. The third-order valence-electron chi connectivity index (χ3n) is 9.06. The number of rotatable bonds is 12. The van der Waals surface area contributed by atoms with E-state index in [0.29, 0.717) is 18.1 Å². The number of hydrogen-bond acceptors (Lipinski definition) is 9. The van der Waals surface area contributed by atoms with Gasteiger partial charge in [0.1, 0.15) is 11.6 Å². The maximum Gasteiger partial charge on any atom is 0.320 e. The second-order valence-corrected chi connectivity index (χ2v) is 15.9. The van der Waals surface area contributed by atoms with Crippen molar-refractivity contribution in [2.24, 2.45) is 0 Å². The number of nitrogens with zero attached hydrogens (tertiary/aromatic N) is 6. The Kier molecular flexibility index (Phi) is 11.3. The van der Waals surface area contributed by atoms with E-state index in [1.807, 2.05) is 46.9 Å². The molecule has 0 spiro atoms. The van der Waals surface area contributed by atoms with E-state index in [9.17, 15) is 9.90 Å². The summed E-state index contributed by atoms with van der Waals surface area (Å²) < 4.78 is 9.12. The van der Waals surface area contributed by atoms with Crippen molar-refractivity contribution in [3.05, 3.63) is 113 Å². The predicted molar refractivity (Wildman–Crippen MR) is 213 cm³/mol. The Hall–Kier alpha value is -4.53. The second kappa shape index (κ2) is 16.2. The van der Waals surface area contributed by atoms with Gasteiger partial charge in [-0.25, -0.2) is 9.48 Å². The topological polar surface area (TPSA) is 122 Å². The molecule has 0 aliphatic carbocycles. The largest absolute Gasteiger partial charge is 0.506 e. The molecule has 4 heterocycles. The molecule has 1 fully saturated rings. The van der Waals surface area contributed by atoms with Gasteiger partial charge in [-0.2, -0.15) is 16.9 Å². The number of carbonyl (C=O) groups is 1. The van der Waals surface area contributed by atoms with Gasteiger partial charge in [-0.1, -0.05) is 79.7 Å². The van der Waals surface area contributed by atoms with Crippen LogP contribution in [0.3, 0.4) is 0 Å². The van der Waals surface area contributed by atoms with Crippen molar-refractivity contribution in [2.45, 2.75) is 42.1 Å². The zero-order valence-corrected chi connectivity index (χ0v) is 32.1. The van der Waals surface area contributed by atoms with Crippen molar-refractivity contribution in [3.8, 4) is 22.8 Å². The summed E-state index contributed by atoms with van der Waals surface area (Å²) in [6, 6.07) is 26.9. The molecule has 0 unspecified atom stereocenters. The molecule has 0 saturated carbocycles. The number of morpholine rings is 1. The summed E-state index contributed by atoms with van der Waals surface area (Å²) in [4.78, 5) is 17.8. The minimum absolute atomic E-state index is 0.0671.